The van der Waals surface area contributed by atoms with Crippen LogP contribution in [0, 0.1) is 6.92 Å². The maximum Gasteiger partial charge on any atom is 0.324 e. The van der Waals surface area contributed by atoms with Crippen LogP contribution in [0.1, 0.15) is 18.1 Å². The summed E-state index contributed by atoms with van der Waals surface area (Å²) in [4.78, 5) is 11.4. The Labute approximate surface area is 109 Å². The van der Waals surface area contributed by atoms with Gasteiger partial charge in [0, 0.05) is 10.9 Å². The summed E-state index contributed by atoms with van der Waals surface area (Å²) in [5, 5.41) is -0.627. The summed E-state index contributed by atoms with van der Waals surface area (Å²) < 4.78 is 5.86. The molecule has 1 aromatic rings. The van der Waals surface area contributed by atoms with Crippen LogP contribution in [0.4, 0.5) is 0 Å². The minimum absolute atomic E-state index is 0.358. The normalized spacial score (nSPS) is 12.2. The van der Waals surface area contributed by atoms with E-state index in [0.29, 0.717) is 13.0 Å². The SMILES string of the molecule is CCOC(=O)C(Cl)Cc1cccc(C)c1Br. The second-order valence-electron chi connectivity index (χ2n) is 3.47. The van der Waals surface area contributed by atoms with Crippen molar-refractivity contribution in [3.8, 4) is 0 Å². The number of benzene rings is 1. The first-order valence-corrected chi connectivity index (χ1v) is 6.34. The molecule has 0 heterocycles. The predicted octanol–water partition coefficient (Wildman–Crippen LogP) is 3.47. The summed E-state index contributed by atoms with van der Waals surface area (Å²) in [6.07, 6.45) is 0.475. The van der Waals surface area contributed by atoms with Gasteiger partial charge in [0.2, 0.25) is 0 Å². The molecule has 0 saturated carbocycles. The number of hydrogen-bond acceptors (Lipinski definition) is 2. The zero-order valence-corrected chi connectivity index (χ0v) is 11.6. The molecule has 16 heavy (non-hydrogen) atoms. The predicted molar refractivity (Wildman–Crippen MR) is 68.9 cm³/mol. The molecule has 0 amide bonds. The quantitative estimate of drug-likeness (QED) is 0.629. The standard InChI is InChI=1S/C12H14BrClO2/c1-3-16-12(15)10(14)7-9-6-4-5-8(2)11(9)13/h4-6,10H,3,7H2,1-2H3. The van der Waals surface area contributed by atoms with E-state index >= 15 is 0 Å². The van der Waals surface area contributed by atoms with Gasteiger partial charge in [0.25, 0.3) is 0 Å². The molecule has 1 rings (SSSR count). The van der Waals surface area contributed by atoms with Crippen LogP contribution in [0.3, 0.4) is 0 Å². The molecule has 1 unspecified atom stereocenters. The van der Waals surface area contributed by atoms with Crippen molar-refractivity contribution in [1.82, 2.24) is 0 Å². The monoisotopic (exact) mass is 304 g/mol. The molecule has 0 bridgehead atoms. The number of alkyl halides is 1. The molecule has 0 aliphatic heterocycles. The smallest absolute Gasteiger partial charge is 0.324 e. The van der Waals surface area contributed by atoms with Crippen molar-refractivity contribution < 1.29 is 9.53 Å². The second kappa shape index (κ2) is 6.26. The molecule has 4 heteroatoms. The molecule has 2 nitrogen and oxygen atoms in total. The van der Waals surface area contributed by atoms with Gasteiger partial charge in [-0.05, 0) is 25.0 Å². The van der Waals surface area contributed by atoms with E-state index in [1.807, 2.05) is 25.1 Å². The zero-order chi connectivity index (χ0) is 12.1. The molecule has 0 spiro atoms. The second-order valence-corrected chi connectivity index (χ2v) is 4.79. The lowest BCUT2D eigenvalue weighted by Crippen LogP contribution is -2.20. The molecule has 0 saturated heterocycles. The van der Waals surface area contributed by atoms with Crippen molar-refractivity contribution in [2.75, 3.05) is 6.61 Å². The third kappa shape index (κ3) is 3.49. The number of hydrogen-bond donors (Lipinski definition) is 0. The van der Waals surface area contributed by atoms with Crippen molar-refractivity contribution in [2.45, 2.75) is 25.6 Å². The van der Waals surface area contributed by atoms with E-state index in [4.69, 9.17) is 16.3 Å². The van der Waals surface area contributed by atoms with Crippen molar-refractivity contribution >= 4 is 33.5 Å². The fraction of sp³-hybridized carbons (Fsp3) is 0.417. The number of carbonyl (C=O) groups is 1. The van der Waals surface area contributed by atoms with Gasteiger partial charge < -0.3 is 4.74 Å². The molecule has 0 aliphatic rings. The van der Waals surface area contributed by atoms with Gasteiger partial charge in [0.05, 0.1) is 6.61 Å². The molecule has 0 fully saturated rings. The lowest BCUT2D eigenvalue weighted by molar-refractivity contribution is -0.142. The first-order chi connectivity index (χ1) is 7.56. The fourth-order valence-electron chi connectivity index (χ4n) is 1.37. The highest BCUT2D eigenvalue weighted by Crippen LogP contribution is 2.23. The average molecular weight is 306 g/mol. The number of rotatable bonds is 4. The van der Waals surface area contributed by atoms with Gasteiger partial charge in [0.1, 0.15) is 5.38 Å². The summed E-state index contributed by atoms with van der Waals surface area (Å²) in [5.41, 5.74) is 2.15. The number of halogens is 2. The van der Waals surface area contributed by atoms with Crippen molar-refractivity contribution in [1.29, 1.82) is 0 Å². The lowest BCUT2D eigenvalue weighted by atomic mass is 10.1. The van der Waals surface area contributed by atoms with E-state index in [1.165, 1.54) is 0 Å². The van der Waals surface area contributed by atoms with Crippen LogP contribution in [0.15, 0.2) is 22.7 Å². The highest BCUT2D eigenvalue weighted by molar-refractivity contribution is 9.10. The Morgan fingerprint density at radius 2 is 2.25 bits per heavy atom. The van der Waals surface area contributed by atoms with Gasteiger partial charge in [-0.1, -0.05) is 34.1 Å². The summed E-state index contributed by atoms with van der Waals surface area (Å²) >= 11 is 9.46. The van der Waals surface area contributed by atoms with Crippen LogP contribution in [-0.4, -0.2) is 18.0 Å². The van der Waals surface area contributed by atoms with E-state index in [1.54, 1.807) is 6.92 Å². The highest BCUT2D eigenvalue weighted by Gasteiger charge is 2.18. The van der Waals surface area contributed by atoms with Gasteiger partial charge in [-0.3, -0.25) is 4.79 Å². The first-order valence-electron chi connectivity index (χ1n) is 5.11. The summed E-state index contributed by atoms with van der Waals surface area (Å²) in [7, 11) is 0. The van der Waals surface area contributed by atoms with Crippen LogP contribution < -0.4 is 0 Å². The Hall–Kier alpha value is -0.540. The average Bonchev–Trinajstić information content (AvgIpc) is 2.25. The van der Waals surface area contributed by atoms with Crippen molar-refractivity contribution in [3.63, 3.8) is 0 Å². The number of aryl methyl sites for hydroxylation is 1. The maximum atomic E-state index is 11.4. The van der Waals surface area contributed by atoms with Crippen molar-refractivity contribution in [2.24, 2.45) is 0 Å². The first kappa shape index (κ1) is 13.5. The Bertz CT molecular complexity index is 379. The fourth-order valence-corrected chi connectivity index (χ4v) is 2.03. The minimum Gasteiger partial charge on any atom is -0.465 e. The Balaban J connectivity index is 2.73. The Kier molecular flexibility index (Phi) is 5.29. The van der Waals surface area contributed by atoms with Crippen LogP contribution in [-0.2, 0) is 16.0 Å². The molecule has 1 atom stereocenters. The number of ether oxygens (including phenoxy) is 1. The Morgan fingerprint density at radius 3 is 2.88 bits per heavy atom. The number of esters is 1. The van der Waals surface area contributed by atoms with E-state index in [9.17, 15) is 4.79 Å². The van der Waals surface area contributed by atoms with Crippen LogP contribution in [0.25, 0.3) is 0 Å². The third-order valence-corrected chi connectivity index (χ3v) is 3.68. The van der Waals surface area contributed by atoms with Gasteiger partial charge in [-0.25, -0.2) is 0 Å². The minimum atomic E-state index is -0.627. The summed E-state index contributed by atoms with van der Waals surface area (Å²) in [5.74, 6) is -0.363. The van der Waals surface area contributed by atoms with Gasteiger partial charge >= 0.3 is 5.97 Å². The van der Waals surface area contributed by atoms with E-state index in [2.05, 4.69) is 15.9 Å². The number of carbonyl (C=O) groups excluding carboxylic acids is 1. The van der Waals surface area contributed by atoms with Gasteiger partial charge in [-0.2, -0.15) is 0 Å². The van der Waals surface area contributed by atoms with Gasteiger partial charge in [-0.15, -0.1) is 11.6 Å². The molecular formula is C12H14BrClO2. The topological polar surface area (TPSA) is 26.3 Å². The molecule has 0 aliphatic carbocycles. The summed E-state index contributed by atoms with van der Waals surface area (Å²) in [6.45, 7) is 4.13. The molecule has 0 radical (unpaired) electrons. The largest absolute Gasteiger partial charge is 0.465 e. The molecule has 1 aromatic carbocycles. The van der Waals surface area contributed by atoms with Crippen LogP contribution in [0.2, 0.25) is 0 Å². The molecular weight excluding hydrogens is 291 g/mol. The van der Waals surface area contributed by atoms with E-state index < -0.39 is 5.38 Å². The molecule has 0 N–H and O–H groups in total. The maximum absolute atomic E-state index is 11.4. The molecule has 0 aromatic heterocycles. The van der Waals surface area contributed by atoms with E-state index in [0.717, 1.165) is 15.6 Å². The van der Waals surface area contributed by atoms with E-state index in [-0.39, 0.29) is 5.97 Å². The zero-order valence-electron chi connectivity index (χ0n) is 9.30. The van der Waals surface area contributed by atoms with Crippen molar-refractivity contribution in [3.05, 3.63) is 33.8 Å². The van der Waals surface area contributed by atoms with Gasteiger partial charge in [0.15, 0.2) is 0 Å². The highest BCUT2D eigenvalue weighted by atomic mass is 79.9. The lowest BCUT2D eigenvalue weighted by Gasteiger charge is -2.11. The van der Waals surface area contributed by atoms with Crippen LogP contribution in [0.5, 0.6) is 0 Å². The Morgan fingerprint density at radius 1 is 1.56 bits per heavy atom. The summed E-state index contributed by atoms with van der Waals surface area (Å²) in [6, 6.07) is 5.90. The molecule has 88 valence electrons. The third-order valence-electron chi connectivity index (χ3n) is 2.21. The van der Waals surface area contributed by atoms with Crippen LogP contribution >= 0.6 is 27.5 Å².